The monoisotopic (exact) mass is 256 g/mol. The predicted octanol–water partition coefficient (Wildman–Crippen LogP) is 1.26. The lowest BCUT2D eigenvalue weighted by molar-refractivity contribution is -0.152. The average molecular weight is 256 g/mol. The third kappa shape index (κ3) is 3.45. The van der Waals surface area contributed by atoms with Crippen molar-refractivity contribution in [3.63, 3.8) is 0 Å². The Labute approximate surface area is 108 Å². The highest BCUT2D eigenvalue weighted by Crippen LogP contribution is 2.36. The van der Waals surface area contributed by atoms with E-state index in [1.54, 1.807) is 6.92 Å². The summed E-state index contributed by atoms with van der Waals surface area (Å²) < 4.78 is 0. The second-order valence-corrected chi connectivity index (χ2v) is 5.46. The molecule has 1 aliphatic rings. The third-order valence-corrected chi connectivity index (χ3v) is 4.00. The molecule has 0 radical (unpaired) electrons. The first kappa shape index (κ1) is 15.0. The number of hydrogen-bond donors (Lipinski definition) is 3. The Hall–Kier alpha value is -1.10. The second kappa shape index (κ2) is 6.18. The summed E-state index contributed by atoms with van der Waals surface area (Å²) >= 11 is 0. The zero-order valence-corrected chi connectivity index (χ0v) is 11.2. The molecule has 1 fully saturated rings. The van der Waals surface area contributed by atoms with Crippen molar-refractivity contribution in [2.24, 2.45) is 11.1 Å². The number of nitrogens with one attached hydrogen (secondary N) is 1. The minimum Gasteiger partial charge on any atom is -0.481 e. The van der Waals surface area contributed by atoms with Gasteiger partial charge in [0, 0.05) is 18.5 Å². The first-order chi connectivity index (χ1) is 8.40. The van der Waals surface area contributed by atoms with E-state index in [1.807, 2.05) is 6.92 Å². The van der Waals surface area contributed by atoms with Crippen molar-refractivity contribution < 1.29 is 14.7 Å². The molecule has 0 saturated heterocycles. The van der Waals surface area contributed by atoms with Crippen molar-refractivity contribution >= 4 is 11.9 Å². The highest BCUT2D eigenvalue weighted by Gasteiger charge is 2.43. The molecule has 18 heavy (non-hydrogen) atoms. The minimum atomic E-state index is -0.843. The van der Waals surface area contributed by atoms with Crippen LogP contribution in [0.5, 0.6) is 0 Å². The molecule has 5 nitrogen and oxygen atoms in total. The van der Waals surface area contributed by atoms with Gasteiger partial charge in [-0.3, -0.25) is 9.59 Å². The molecule has 0 aliphatic heterocycles. The Morgan fingerprint density at radius 2 is 2.17 bits per heavy atom. The van der Waals surface area contributed by atoms with Crippen LogP contribution in [-0.2, 0) is 9.59 Å². The average Bonchev–Trinajstić information content (AvgIpc) is 2.31. The van der Waals surface area contributed by atoms with Crippen LogP contribution < -0.4 is 11.1 Å². The summed E-state index contributed by atoms with van der Waals surface area (Å²) in [7, 11) is 0. The smallest absolute Gasteiger partial charge is 0.311 e. The highest BCUT2D eigenvalue weighted by molar-refractivity contribution is 5.80. The highest BCUT2D eigenvalue weighted by atomic mass is 16.4. The molecule has 1 saturated carbocycles. The number of rotatable bonds is 5. The van der Waals surface area contributed by atoms with E-state index >= 15 is 0 Å². The van der Waals surface area contributed by atoms with E-state index in [1.165, 1.54) is 0 Å². The van der Waals surface area contributed by atoms with Crippen LogP contribution in [0.2, 0.25) is 0 Å². The second-order valence-electron chi connectivity index (χ2n) is 5.46. The van der Waals surface area contributed by atoms with Gasteiger partial charge in [-0.05, 0) is 26.2 Å². The van der Waals surface area contributed by atoms with Crippen LogP contribution in [0, 0.1) is 5.41 Å². The Kier molecular flexibility index (Phi) is 5.14. The maximum absolute atomic E-state index is 11.8. The van der Waals surface area contributed by atoms with Gasteiger partial charge in [-0.15, -0.1) is 0 Å². The van der Waals surface area contributed by atoms with Crippen molar-refractivity contribution in [1.82, 2.24) is 5.32 Å². The van der Waals surface area contributed by atoms with Crippen molar-refractivity contribution in [2.75, 3.05) is 0 Å². The minimum absolute atomic E-state index is 0.135. The van der Waals surface area contributed by atoms with Gasteiger partial charge in [-0.2, -0.15) is 0 Å². The fraction of sp³-hybridized carbons (Fsp3) is 0.846. The Bertz CT molecular complexity index is 319. The van der Waals surface area contributed by atoms with E-state index in [2.05, 4.69) is 5.32 Å². The maximum atomic E-state index is 11.8. The molecule has 5 heteroatoms. The summed E-state index contributed by atoms with van der Waals surface area (Å²) in [6.07, 6.45) is 4.23. The predicted molar refractivity (Wildman–Crippen MR) is 69.0 cm³/mol. The third-order valence-electron chi connectivity index (χ3n) is 4.00. The van der Waals surface area contributed by atoms with Crippen LogP contribution in [0.1, 0.15) is 52.4 Å². The van der Waals surface area contributed by atoms with Crippen molar-refractivity contribution in [2.45, 2.75) is 64.5 Å². The Morgan fingerprint density at radius 3 is 2.72 bits per heavy atom. The lowest BCUT2D eigenvalue weighted by atomic mass is 9.71. The molecule has 104 valence electrons. The number of carbonyl (C=O) groups excluding carboxylic acids is 1. The largest absolute Gasteiger partial charge is 0.481 e. The molecule has 1 aliphatic carbocycles. The van der Waals surface area contributed by atoms with Gasteiger partial charge in [0.15, 0.2) is 0 Å². The molecule has 0 heterocycles. The molecule has 3 unspecified atom stereocenters. The number of amides is 1. The molecule has 0 aromatic heterocycles. The molecule has 0 aromatic carbocycles. The molecule has 0 bridgehead atoms. The van der Waals surface area contributed by atoms with Gasteiger partial charge < -0.3 is 16.2 Å². The van der Waals surface area contributed by atoms with Crippen LogP contribution in [0.15, 0.2) is 0 Å². The van der Waals surface area contributed by atoms with Gasteiger partial charge in [0.05, 0.1) is 5.41 Å². The molecular weight excluding hydrogens is 232 g/mol. The quantitative estimate of drug-likeness (QED) is 0.690. The standard InChI is InChI=1S/C13H24N2O3/c1-3-9(14)8-11(16)15-10-6-4-5-7-13(10,2)12(17)18/h9-10H,3-8,14H2,1-2H3,(H,15,16)(H,17,18). The number of carboxylic acids is 1. The summed E-state index contributed by atoms with van der Waals surface area (Å²) in [5, 5.41) is 12.2. The van der Waals surface area contributed by atoms with Crippen molar-refractivity contribution in [3.05, 3.63) is 0 Å². The van der Waals surface area contributed by atoms with Crippen molar-refractivity contribution in [1.29, 1.82) is 0 Å². The summed E-state index contributed by atoms with van der Waals surface area (Å²) in [6.45, 7) is 3.65. The lowest BCUT2D eigenvalue weighted by Crippen LogP contribution is -2.52. The molecule has 4 N–H and O–H groups in total. The van der Waals surface area contributed by atoms with E-state index < -0.39 is 11.4 Å². The summed E-state index contributed by atoms with van der Waals surface area (Å²) in [5.74, 6) is -0.962. The van der Waals surface area contributed by atoms with Gasteiger partial charge in [0.1, 0.15) is 0 Å². The first-order valence-corrected chi connectivity index (χ1v) is 6.68. The van der Waals surface area contributed by atoms with Crippen LogP contribution in [0.25, 0.3) is 0 Å². The van der Waals surface area contributed by atoms with Gasteiger partial charge >= 0.3 is 5.97 Å². The van der Waals surface area contributed by atoms with E-state index in [0.29, 0.717) is 6.42 Å². The van der Waals surface area contributed by atoms with Gasteiger partial charge in [0.2, 0.25) is 5.91 Å². The SMILES string of the molecule is CCC(N)CC(=O)NC1CCCCC1(C)C(=O)O. The zero-order valence-electron chi connectivity index (χ0n) is 11.2. The van der Waals surface area contributed by atoms with E-state index in [9.17, 15) is 14.7 Å². The topological polar surface area (TPSA) is 92.4 Å². The molecule has 1 rings (SSSR count). The molecule has 0 spiro atoms. The van der Waals surface area contributed by atoms with Crippen molar-refractivity contribution in [3.8, 4) is 0 Å². The summed E-state index contributed by atoms with van der Waals surface area (Å²) in [4.78, 5) is 23.2. The van der Waals surface area contributed by atoms with Crippen LogP contribution in [-0.4, -0.2) is 29.1 Å². The number of aliphatic carboxylic acids is 1. The van der Waals surface area contributed by atoms with E-state index in [4.69, 9.17) is 5.73 Å². The van der Waals surface area contributed by atoms with Crippen LogP contribution in [0.4, 0.5) is 0 Å². The zero-order chi connectivity index (χ0) is 13.8. The molecule has 0 aromatic rings. The summed E-state index contributed by atoms with van der Waals surface area (Å²) in [6, 6.07) is -0.426. The first-order valence-electron chi connectivity index (χ1n) is 6.68. The number of nitrogens with two attached hydrogens (primary N) is 1. The fourth-order valence-electron chi connectivity index (χ4n) is 2.46. The maximum Gasteiger partial charge on any atom is 0.311 e. The number of hydrogen-bond acceptors (Lipinski definition) is 3. The molecule has 1 amide bonds. The van der Waals surface area contributed by atoms with Gasteiger partial charge in [-0.25, -0.2) is 0 Å². The van der Waals surface area contributed by atoms with Gasteiger partial charge in [0.25, 0.3) is 0 Å². The number of carbonyl (C=O) groups is 2. The summed E-state index contributed by atoms with van der Waals surface area (Å²) in [5.41, 5.74) is 4.89. The molecule has 3 atom stereocenters. The lowest BCUT2D eigenvalue weighted by Gasteiger charge is -2.38. The molecular formula is C13H24N2O3. The van der Waals surface area contributed by atoms with Crippen LogP contribution >= 0.6 is 0 Å². The van der Waals surface area contributed by atoms with Crippen LogP contribution in [0.3, 0.4) is 0 Å². The van der Waals surface area contributed by atoms with E-state index in [-0.39, 0.29) is 24.4 Å². The fourth-order valence-corrected chi connectivity index (χ4v) is 2.46. The number of carboxylic acid groups (broad SMARTS) is 1. The van der Waals surface area contributed by atoms with Gasteiger partial charge in [-0.1, -0.05) is 19.8 Å². The van der Waals surface area contributed by atoms with E-state index in [0.717, 1.165) is 25.7 Å². The normalized spacial score (nSPS) is 29.6. The Morgan fingerprint density at radius 1 is 1.50 bits per heavy atom. The Balaban J connectivity index is 2.63.